The fourth-order valence-electron chi connectivity index (χ4n) is 4.21. The number of rotatable bonds is 6. The number of primary sulfonamides is 1. The number of sulfonamides is 1. The van der Waals surface area contributed by atoms with E-state index in [-0.39, 0.29) is 17.5 Å². The molecule has 3 aromatic rings. The Bertz CT molecular complexity index is 1320. The molecule has 0 saturated carbocycles. The number of ketones is 1. The lowest BCUT2D eigenvalue weighted by molar-refractivity contribution is 0.103. The number of anilines is 1. The molecule has 1 unspecified atom stereocenters. The van der Waals surface area contributed by atoms with Gasteiger partial charge in [0.15, 0.2) is 0 Å². The SMILES string of the molecule is CCC(c1ccc(F)c(C(=O)c2c[nH]c3ncc(N4CCN(C)CC4)cc23)c1F)S(N)(=O)=O. The number of fused-ring (bicyclic) bond motifs is 1. The third-order valence-corrected chi connectivity index (χ3v) is 7.47. The molecule has 1 atom stereocenters. The first-order valence-electron chi connectivity index (χ1n) is 10.6. The predicted octanol–water partition coefficient (Wildman–Crippen LogP) is 2.56. The molecule has 1 saturated heterocycles. The molecule has 176 valence electrons. The second-order valence-corrected chi connectivity index (χ2v) is 9.97. The van der Waals surface area contributed by atoms with Crippen molar-refractivity contribution >= 4 is 32.5 Å². The van der Waals surface area contributed by atoms with E-state index in [4.69, 9.17) is 5.14 Å². The van der Waals surface area contributed by atoms with Gasteiger partial charge in [0, 0.05) is 48.9 Å². The minimum Gasteiger partial charge on any atom is -0.368 e. The quantitative estimate of drug-likeness (QED) is 0.528. The number of nitrogens with one attached hydrogen (secondary N) is 1. The Morgan fingerprint density at radius 3 is 2.58 bits per heavy atom. The Balaban J connectivity index is 1.77. The van der Waals surface area contributed by atoms with Crippen LogP contribution in [0.1, 0.15) is 40.1 Å². The van der Waals surface area contributed by atoms with Crippen LogP contribution in [0.25, 0.3) is 11.0 Å². The number of nitrogens with two attached hydrogens (primary N) is 1. The molecule has 1 aromatic carbocycles. The second-order valence-electron chi connectivity index (χ2n) is 8.22. The van der Waals surface area contributed by atoms with Gasteiger partial charge in [0.25, 0.3) is 0 Å². The minimum atomic E-state index is -4.16. The molecule has 0 amide bonds. The summed E-state index contributed by atoms with van der Waals surface area (Å²) in [5.41, 5.74) is 0.108. The van der Waals surface area contributed by atoms with Crippen LogP contribution in [0.15, 0.2) is 30.6 Å². The molecule has 11 heteroatoms. The summed E-state index contributed by atoms with van der Waals surface area (Å²) >= 11 is 0. The van der Waals surface area contributed by atoms with Crippen molar-refractivity contribution in [3.05, 3.63) is 58.9 Å². The number of hydrogen-bond donors (Lipinski definition) is 2. The van der Waals surface area contributed by atoms with E-state index in [0.29, 0.717) is 11.0 Å². The summed E-state index contributed by atoms with van der Waals surface area (Å²) < 4.78 is 53.8. The number of aromatic amines is 1. The summed E-state index contributed by atoms with van der Waals surface area (Å²) in [6.45, 7) is 4.85. The van der Waals surface area contributed by atoms with E-state index in [2.05, 4.69) is 19.8 Å². The molecule has 1 aliphatic rings. The number of nitrogens with zero attached hydrogens (tertiary/aromatic N) is 3. The van der Waals surface area contributed by atoms with Gasteiger partial charge in [0.2, 0.25) is 15.8 Å². The van der Waals surface area contributed by atoms with Gasteiger partial charge in [-0.15, -0.1) is 0 Å². The third kappa shape index (κ3) is 4.35. The average molecular weight is 478 g/mol. The number of likely N-dealkylation sites (N-methyl/N-ethyl adjacent to an activating group) is 1. The highest BCUT2D eigenvalue weighted by Gasteiger charge is 2.31. The fraction of sp³-hybridized carbons (Fsp3) is 0.364. The van der Waals surface area contributed by atoms with Gasteiger partial charge in [0.1, 0.15) is 22.5 Å². The van der Waals surface area contributed by atoms with Crippen LogP contribution >= 0.6 is 0 Å². The maximum Gasteiger partial charge on any atom is 0.216 e. The molecule has 0 aliphatic carbocycles. The lowest BCUT2D eigenvalue weighted by atomic mass is 9.98. The number of H-pyrrole nitrogens is 1. The Kier molecular flexibility index (Phi) is 6.21. The number of benzene rings is 1. The number of pyridine rings is 1. The summed E-state index contributed by atoms with van der Waals surface area (Å²) in [6, 6.07) is 3.68. The zero-order chi connectivity index (χ0) is 23.9. The minimum absolute atomic E-state index is 0.0274. The van der Waals surface area contributed by atoms with Crippen molar-refractivity contribution in [1.82, 2.24) is 14.9 Å². The Hall–Kier alpha value is -2.89. The maximum atomic E-state index is 15.3. The van der Waals surface area contributed by atoms with Crippen molar-refractivity contribution in [1.29, 1.82) is 0 Å². The van der Waals surface area contributed by atoms with Crippen LogP contribution in [-0.2, 0) is 10.0 Å². The van der Waals surface area contributed by atoms with Crippen LogP contribution in [0, 0.1) is 11.6 Å². The highest BCUT2D eigenvalue weighted by molar-refractivity contribution is 7.89. The number of piperazine rings is 1. The topological polar surface area (TPSA) is 112 Å². The molecule has 1 fully saturated rings. The van der Waals surface area contributed by atoms with Gasteiger partial charge >= 0.3 is 0 Å². The normalized spacial score (nSPS) is 16.3. The van der Waals surface area contributed by atoms with Crippen molar-refractivity contribution in [2.75, 3.05) is 38.1 Å². The highest BCUT2D eigenvalue weighted by atomic mass is 32.2. The molecular weight excluding hydrogens is 452 g/mol. The van der Waals surface area contributed by atoms with Gasteiger partial charge in [-0.25, -0.2) is 27.3 Å². The first-order chi connectivity index (χ1) is 15.6. The van der Waals surface area contributed by atoms with Crippen molar-refractivity contribution < 1.29 is 22.0 Å². The first kappa shape index (κ1) is 23.3. The number of halogens is 2. The van der Waals surface area contributed by atoms with Crippen molar-refractivity contribution in [2.24, 2.45) is 5.14 Å². The Morgan fingerprint density at radius 1 is 1.24 bits per heavy atom. The van der Waals surface area contributed by atoms with Crippen LogP contribution in [0.4, 0.5) is 14.5 Å². The molecule has 0 radical (unpaired) electrons. The summed E-state index contributed by atoms with van der Waals surface area (Å²) in [4.78, 5) is 24.8. The lowest BCUT2D eigenvalue weighted by Gasteiger charge is -2.33. The largest absolute Gasteiger partial charge is 0.368 e. The van der Waals surface area contributed by atoms with Crippen LogP contribution < -0.4 is 10.0 Å². The predicted molar refractivity (Wildman–Crippen MR) is 122 cm³/mol. The lowest BCUT2D eigenvalue weighted by Crippen LogP contribution is -2.44. The maximum absolute atomic E-state index is 15.3. The molecule has 3 N–H and O–H groups in total. The third-order valence-electron chi connectivity index (χ3n) is 6.09. The molecule has 4 rings (SSSR count). The number of carbonyl (C=O) groups is 1. The summed E-state index contributed by atoms with van der Waals surface area (Å²) in [7, 11) is -2.12. The highest BCUT2D eigenvalue weighted by Crippen LogP contribution is 2.32. The van der Waals surface area contributed by atoms with Crippen molar-refractivity contribution in [3.8, 4) is 0 Å². The van der Waals surface area contributed by atoms with E-state index in [1.54, 1.807) is 12.3 Å². The fourth-order valence-corrected chi connectivity index (χ4v) is 5.21. The van der Waals surface area contributed by atoms with E-state index in [1.165, 1.54) is 13.1 Å². The van der Waals surface area contributed by atoms with E-state index >= 15 is 4.39 Å². The van der Waals surface area contributed by atoms with E-state index in [0.717, 1.165) is 44.0 Å². The van der Waals surface area contributed by atoms with Crippen LogP contribution in [0.3, 0.4) is 0 Å². The van der Waals surface area contributed by atoms with Gasteiger partial charge in [-0.1, -0.05) is 13.0 Å². The Morgan fingerprint density at radius 2 is 1.94 bits per heavy atom. The average Bonchev–Trinajstić information content (AvgIpc) is 3.18. The standard InChI is InChI=1S/C22H25F2N5O3S/c1-3-18(33(25,31)32)14-4-5-17(23)19(20(14)24)21(30)16-12-27-22-15(16)10-13(11-26-22)29-8-6-28(2)7-9-29/h4-5,10-12,18H,3,6-9H2,1-2H3,(H,26,27)(H2,25,31,32). The van der Waals surface area contributed by atoms with Crippen LogP contribution in [0.5, 0.6) is 0 Å². The monoisotopic (exact) mass is 477 g/mol. The molecule has 0 bridgehead atoms. The van der Waals surface area contributed by atoms with Crippen LogP contribution in [0.2, 0.25) is 0 Å². The molecular formula is C22H25F2N5O3S. The van der Waals surface area contributed by atoms with E-state index in [9.17, 15) is 17.6 Å². The molecule has 0 spiro atoms. The van der Waals surface area contributed by atoms with Gasteiger partial charge < -0.3 is 14.8 Å². The smallest absolute Gasteiger partial charge is 0.216 e. The molecule has 2 aromatic heterocycles. The van der Waals surface area contributed by atoms with Crippen molar-refractivity contribution in [3.63, 3.8) is 0 Å². The van der Waals surface area contributed by atoms with Gasteiger partial charge in [0.05, 0.1) is 17.4 Å². The van der Waals surface area contributed by atoms with Crippen molar-refractivity contribution in [2.45, 2.75) is 18.6 Å². The summed E-state index contributed by atoms with van der Waals surface area (Å²) in [5.74, 6) is -3.21. The number of carbonyl (C=O) groups excluding carboxylic acids is 1. The number of aromatic nitrogens is 2. The van der Waals surface area contributed by atoms with E-state index < -0.39 is 38.3 Å². The van der Waals surface area contributed by atoms with Gasteiger partial charge in [-0.05, 0) is 25.6 Å². The van der Waals surface area contributed by atoms with Crippen LogP contribution in [-0.4, -0.2) is 62.3 Å². The Labute approximate surface area is 190 Å². The number of hydrogen-bond acceptors (Lipinski definition) is 6. The van der Waals surface area contributed by atoms with Gasteiger partial charge in [-0.3, -0.25) is 4.79 Å². The van der Waals surface area contributed by atoms with E-state index in [1.807, 2.05) is 7.05 Å². The zero-order valence-electron chi connectivity index (χ0n) is 18.3. The second kappa shape index (κ2) is 8.81. The summed E-state index contributed by atoms with van der Waals surface area (Å²) in [6.07, 6.45) is 3.02. The molecule has 8 nitrogen and oxygen atoms in total. The molecule has 1 aliphatic heterocycles. The zero-order valence-corrected chi connectivity index (χ0v) is 19.1. The molecule has 33 heavy (non-hydrogen) atoms. The summed E-state index contributed by atoms with van der Waals surface area (Å²) in [5, 5.41) is 4.27. The van der Waals surface area contributed by atoms with Gasteiger partial charge in [-0.2, -0.15) is 0 Å². The molecule has 3 heterocycles. The first-order valence-corrected chi connectivity index (χ1v) is 12.2.